The molecule has 1 aromatic carbocycles. The van der Waals surface area contributed by atoms with E-state index in [0.29, 0.717) is 16.4 Å². The van der Waals surface area contributed by atoms with Crippen LogP contribution in [0.25, 0.3) is 10.6 Å². The lowest BCUT2D eigenvalue weighted by Gasteiger charge is -2.08. The minimum Gasteiger partial charge on any atom is -0.496 e. The Bertz CT molecular complexity index is 917. The Morgan fingerprint density at radius 2 is 2.04 bits per heavy atom. The average molecular weight is 386 g/mol. The molecule has 0 saturated carbocycles. The molecular formula is C19H18N2O3S2. The third-order valence-corrected chi connectivity index (χ3v) is 5.41. The van der Waals surface area contributed by atoms with Gasteiger partial charge in [0.05, 0.1) is 23.2 Å². The summed E-state index contributed by atoms with van der Waals surface area (Å²) >= 11 is 2.97. The van der Waals surface area contributed by atoms with Crippen LogP contribution < -0.4 is 10.1 Å². The maximum absolute atomic E-state index is 12.4. The zero-order chi connectivity index (χ0) is 18.5. The van der Waals surface area contributed by atoms with Gasteiger partial charge in [-0.25, -0.2) is 4.98 Å². The number of thiazole rings is 1. The molecule has 1 N–H and O–H groups in total. The van der Waals surface area contributed by atoms with Crippen LogP contribution in [0.4, 0.5) is 5.13 Å². The van der Waals surface area contributed by atoms with Crippen LogP contribution in [0, 0.1) is 6.92 Å². The zero-order valence-corrected chi connectivity index (χ0v) is 16.1. The Kier molecular flexibility index (Phi) is 5.80. The third-order valence-electron chi connectivity index (χ3n) is 3.76. The van der Waals surface area contributed by atoms with Crippen molar-refractivity contribution in [2.24, 2.45) is 0 Å². The second-order valence-electron chi connectivity index (χ2n) is 5.69. The number of rotatable bonds is 7. The zero-order valence-electron chi connectivity index (χ0n) is 14.4. The summed E-state index contributed by atoms with van der Waals surface area (Å²) in [4.78, 5) is 30.0. The lowest BCUT2D eigenvalue weighted by atomic mass is 10.0. The van der Waals surface area contributed by atoms with Crippen molar-refractivity contribution in [2.75, 3.05) is 12.4 Å². The summed E-state index contributed by atoms with van der Waals surface area (Å²) in [5, 5.41) is 7.19. The second kappa shape index (κ2) is 8.25. The summed E-state index contributed by atoms with van der Waals surface area (Å²) in [6.07, 6.45) is 0.221. The molecule has 7 heteroatoms. The topological polar surface area (TPSA) is 68.3 Å². The van der Waals surface area contributed by atoms with E-state index in [1.807, 2.05) is 35.9 Å². The Morgan fingerprint density at radius 1 is 1.19 bits per heavy atom. The fourth-order valence-corrected chi connectivity index (χ4v) is 3.94. The first-order chi connectivity index (χ1) is 12.6. The summed E-state index contributed by atoms with van der Waals surface area (Å²) < 4.78 is 5.23. The van der Waals surface area contributed by atoms with Crippen LogP contribution in [-0.4, -0.2) is 23.8 Å². The van der Waals surface area contributed by atoms with Crippen molar-refractivity contribution in [3.63, 3.8) is 0 Å². The van der Waals surface area contributed by atoms with Gasteiger partial charge in [0.25, 0.3) is 0 Å². The first-order valence-electron chi connectivity index (χ1n) is 8.04. The first kappa shape index (κ1) is 18.3. The minimum absolute atomic E-state index is 0.101. The van der Waals surface area contributed by atoms with Crippen molar-refractivity contribution in [1.82, 2.24) is 4.98 Å². The standard InChI is InChI=1S/C19H18N2O3S2/c1-12-5-7-16(24-2)13(10-12)15(22)6-8-18(23)21-19-20-14(11-26-19)17-4-3-9-25-17/h3-5,7,9-11H,6,8H2,1-2H3,(H,20,21,23). The summed E-state index contributed by atoms with van der Waals surface area (Å²) in [6.45, 7) is 1.91. The van der Waals surface area contributed by atoms with Crippen LogP contribution in [0.1, 0.15) is 28.8 Å². The molecule has 2 aromatic heterocycles. The molecule has 134 valence electrons. The molecule has 0 aliphatic rings. The molecule has 2 heterocycles. The number of nitrogens with one attached hydrogen (secondary N) is 1. The molecule has 0 atom stereocenters. The largest absolute Gasteiger partial charge is 0.496 e. The smallest absolute Gasteiger partial charge is 0.226 e. The van der Waals surface area contributed by atoms with Gasteiger partial charge in [0.1, 0.15) is 5.75 Å². The van der Waals surface area contributed by atoms with Crippen LogP contribution in [0.2, 0.25) is 0 Å². The van der Waals surface area contributed by atoms with Gasteiger partial charge >= 0.3 is 0 Å². The van der Waals surface area contributed by atoms with E-state index in [9.17, 15) is 9.59 Å². The van der Waals surface area contributed by atoms with E-state index in [4.69, 9.17) is 4.74 Å². The molecule has 1 amide bonds. The molecule has 0 spiro atoms. The van der Waals surface area contributed by atoms with Gasteiger partial charge in [-0.1, -0.05) is 17.7 Å². The van der Waals surface area contributed by atoms with Crippen LogP contribution in [0.3, 0.4) is 0 Å². The molecule has 0 bridgehead atoms. The van der Waals surface area contributed by atoms with E-state index < -0.39 is 0 Å². The number of benzene rings is 1. The summed E-state index contributed by atoms with van der Waals surface area (Å²) in [5.74, 6) is 0.192. The monoisotopic (exact) mass is 386 g/mol. The van der Waals surface area contributed by atoms with Gasteiger partial charge < -0.3 is 10.1 Å². The number of nitrogens with zero attached hydrogens (tertiary/aromatic N) is 1. The molecular weight excluding hydrogens is 368 g/mol. The van der Waals surface area contributed by atoms with Crippen molar-refractivity contribution >= 4 is 39.5 Å². The summed E-state index contributed by atoms with van der Waals surface area (Å²) in [5.41, 5.74) is 2.33. The number of methoxy groups -OCH3 is 1. The number of aryl methyl sites for hydroxylation is 1. The third kappa shape index (κ3) is 4.36. The molecule has 3 rings (SSSR count). The van der Waals surface area contributed by atoms with E-state index in [0.717, 1.165) is 16.1 Å². The van der Waals surface area contributed by atoms with Crippen molar-refractivity contribution in [1.29, 1.82) is 0 Å². The van der Waals surface area contributed by atoms with Gasteiger partial charge in [0.2, 0.25) is 5.91 Å². The number of thiophene rings is 1. The summed E-state index contributed by atoms with van der Waals surface area (Å²) in [7, 11) is 1.53. The van der Waals surface area contributed by atoms with Gasteiger partial charge in [-0.05, 0) is 30.5 Å². The fraction of sp³-hybridized carbons (Fsp3) is 0.211. The van der Waals surface area contributed by atoms with Crippen molar-refractivity contribution < 1.29 is 14.3 Å². The van der Waals surface area contributed by atoms with E-state index in [2.05, 4.69) is 10.3 Å². The number of carbonyl (C=O) groups is 2. The predicted molar refractivity (Wildman–Crippen MR) is 105 cm³/mol. The number of Topliss-reactive ketones (excluding diaryl/α,β-unsaturated/α-hetero) is 1. The van der Waals surface area contributed by atoms with Crippen molar-refractivity contribution in [2.45, 2.75) is 19.8 Å². The maximum Gasteiger partial charge on any atom is 0.226 e. The number of hydrogen-bond donors (Lipinski definition) is 1. The molecule has 0 aliphatic heterocycles. The van der Waals surface area contributed by atoms with Crippen LogP contribution in [0.5, 0.6) is 5.75 Å². The van der Waals surface area contributed by atoms with E-state index in [1.54, 1.807) is 23.5 Å². The van der Waals surface area contributed by atoms with Gasteiger partial charge in [0.15, 0.2) is 10.9 Å². The van der Waals surface area contributed by atoms with E-state index in [-0.39, 0.29) is 24.5 Å². The number of ether oxygens (including phenoxy) is 1. The van der Waals surface area contributed by atoms with Crippen LogP contribution >= 0.6 is 22.7 Å². The van der Waals surface area contributed by atoms with Crippen molar-refractivity contribution in [3.8, 4) is 16.3 Å². The second-order valence-corrected chi connectivity index (χ2v) is 7.50. The molecule has 0 saturated heterocycles. The number of carbonyl (C=O) groups excluding carboxylic acids is 2. The molecule has 26 heavy (non-hydrogen) atoms. The maximum atomic E-state index is 12.4. The molecule has 0 aliphatic carbocycles. The molecule has 0 radical (unpaired) electrons. The van der Waals surface area contributed by atoms with Crippen molar-refractivity contribution in [3.05, 3.63) is 52.2 Å². The minimum atomic E-state index is -0.225. The summed E-state index contributed by atoms with van der Waals surface area (Å²) in [6, 6.07) is 9.38. The van der Waals surface area contributed by atoms with Gasteiger partial charge in [0, 0.05) is 18.2 Å². The average Bonchev–Trinajstić information content (AvgIpc) is 3.31. The number of anilines is 1. The lowest BCUT2D eigenvalue weighted by Crippen LogP contribution is -2.13. The van der Waals surface area contributed by atoms with Crippen LogP contribution in [0.15, 0.2) is 41.1 Å². The SMILES string of the molecule is COc1ccc(C)cc1C(=O)CCC(=O)Nc1nc(-c2cccs2)cs1. The molecule has 0 unspecified atom stereocenters. The normalized spacial score (nSPS) is 10.5. The van der Waals surface area contributed by atoms with Gasteiger partial charge in [-0.3, -0.25) is 9.59 Å². The Hall–Kier alpha value is -2.51. The highest BCUT2D eigenvalue weighted by molar-refractivity contribution is 7.16. The van der Waals surface area contributed by atoms with Gasteiger partial charge in [-0.15, -0.1) is 22.7 Å². The predicted octanol–water partition coefficient (Wildman–Crippen LogP) is 4.79. The Labute approximate surface area is 159 Å². The van der Waals surface area contributed by atoms with E-state index in [1.165, 1.54) is 18.4 Å². The Morgan fingerprint density at radius 3 is 2.77 bits per heavy atom. The number of hydrogen-bond acceptors (Lipinski definition) is 6. The molecule has 0 fully saturated rings. The number of amides is 1. The molecule has 3 aromatic rings. The Balaban J connectivity index is 1.57. The van der Waals surface area contributed by atoms with Crippen LogP contribution in [-0.2, 0) is 4.79 Å². The number of ketones is 1. The highest BCUT2D eigenvalue weighted by Gasteiger charge is 2.15. The molecule has 5 nitrogen and oxygen atoms in total. The quantitative estimate of drug-likeness (QED) is 0.593. The first-order valence-corrected chi connectivity index (χ1v) is 9.80. The fourth-order valence-electron chi connectivity index (χ4n) is 2.45. The highest BCUT2D eigenvalue weighted by Crippen LogP contribution is 2.28. The number of aromatic nitrogens is 1. The van der Waals surface area contributed by atoms with E-state index >= 15 is 0 Å². The van der Waals surface area contributed by atoms with Gasteiger partial charge in [-0.2, -0.15) is 0 Å². The lowest BCUT2D eigenvalue weighted by molar-refractivity contribution is -0.116. The highest BCUT2D eigenvalue weighted by atomic mass is 32.1.